The molecule has 0 N–H and O–H groups in total. The van der Waals surface area contributed by atoms with E-state index in [1.54, 1.807) is 23.8 Å². The second kappa shape index (κ2) is 6.04. The molecule has 0 aliphatic rings. The van der Waals surface area contributed by atoms with Crippen molar-refractivity contribution < 1.29 is 9.63 Å². The molecule has 0 bridgehead atoms. The average molecular weight is 261 g/mol. The van der Waals surface area contributed by atoms with Crippen molar-refractivity contribution >= 4 is 23.6 Å². The van der Waals surface area contributed by atoms with Crippen LogP contribution in [0.4, 0.5) is 5.82 Å². The molecule has 0 aliphatic carbocycles. The third-order valence-corrected chi connectivity index (χ3v) is 2.95. The topological polar surface area (TPSA) is 55.3 Å². The van der Waals surface area contributed by atoms with Crippen LogP contribution < -0.4 is 5.06 Å². The number of amides is 1. The zero-order valence-corrected chi connectivity index (χ0v) is 10.3. The van der Waals surface area contributed by atoms with E-state index in [0.29, 0.717) is 12.2 Å². The molecule has 2 rings (SSSR count). The standard InChI is InChI=1S/C12H11N3O2S/c1-2-7-17-15(9-16)11-8-18-12(14-11)10-3-5-13-6-4-10/h2-6,8-9H,1,7H2. The van der Waals surface area contributed by atoms with Crippen molar-refractivity contribution in [3.05, 3.63) is 42.6 Å². The maximum atomic E-state index is 10.9. The Morgan fingerprint density at radius 2 is 2.22 bits per heavy atom. The third kappa shape index (κ3) is 2.79. The second-order valence-corrected chi connectivity index (χ2v) is 4.12. The van der Waals surface area contributed by atoms with Gasteiger partial charge in [0.2, 0.25) is 6.41 Å². The molecule has 0 radical (unpaired) electrons. The van der Waals surface area contributed by atoms with Gasteiger partial charge in [-0.25, -0.2) is 4.98 Å². The first kappa shape index (κ1) is 12.4. The molecule has 0 spiro atoms. The molecule has 0 saturated heterocycles. The lowest BCUT2D eigenvalue weighted by molar-refractivity contribution is -0.113. The van der Waals surface area contributed by atoms with Crippen molar-refractivity contribution in [2.45, 2.75) is 0 Å². The Hall–Kier alpha value is -2.05. The van der Waals surface area contributed by atoms with Gasteiger partial charge in [-0.1, -0.05) is 6.08 Å². The molecule has 6 heteroatoms. The molecular formula is C12H11N3O2S. The van der Waals surface area contributed by atoms with Crippen LogP contribution in [0.3, 0.4) is 0 Å². The van der Waals surface area contributed by atoms with Crippen molar-refractivity contribution in [3.8, 4) is 10.6 Å². The monoisotopic (exact) mass is 261 g/mol. The van der Waals surface area contributed by atoms with Gasteiger partial charge in [-0.2, -0.15) is 5.06 Å². The Morgan fingerprint density at radius 1 is 1.44 bits per heavy atom. The number of pyridine rings is 1. The normalized spacial score (nSPS) is 10.0. The highest BCUT2D eigenvalue weighted by molar-refractivity contribution is 7.13. The first-order chi connectivity index (χ1) is 8.85. The van der Waals surface area contributed by atoms with E-state index < -0.39 is 0 Å². The van der Waals surface area contributed by atoms with Crippen molar-refractivity contribution in [1.82, 2.24) is 9.97 Å². The summed E-state index contributed by atoms with van der Waals surface area (Å²) in [5, 5.41) is 3.65. The van der Waals surface area contributed by atoms with E-state index in [-0.39, 0.29) is 6.61 Å². The summed E-state index contributed by atoms with van der Waals surface area (Å²) in [5.74, 6) is 0.462. The highest BCUT2D eigenvalue weighted by Gasteiger charge is 2.11. The molecule has 0 atom stereocenters. The lowest BCUT2D eigenvalue weighted by Gasteiger charge is -2.11. The summed E-state index contributed by atoms with van der Waals surface area (Å²) in [7, 11) is 0. The van der Waals surface area contributed by atoms with E-state index in [9.17, 15) is 4.79 Å². The minimum atomic E-state index is 0.251. The summed E-state index contributed by atoms with van der Waals surface area (Å²) in [4.78, 5) is 24.3. The van der Waals surface area contributed by atoms with Gasteiger partial charge in [-0.05, 0) is 12.1 Å². The van der Waals surface area contributed by atoms with Crippen LogP contribution in [0.2, 0.25) is 0 Å². The van der Waals surface area contributed by atoms with Gasteiger partial charge in [0.1, 0.15) is 5.01 Å². The summed E-state index contributed by atoms with van der Waals surface area (Å²) >= 11 is 1.43. The van der Waals surface area contributed by atoms with Gasteiger partial charge in [0.25, 0.3) is 0 Å². The van der Waals surface area contributed by atoms with Crippen molar-refractivity contribution in [1.29, 1.82) is 0 Å². The molecule has 1 amide bonds. The van der Waals surface area contributed by atoms with Crippen LogP contribution in [0, 0.1) is 0 Å². The summed E-state index contributed by atoms with van der Waals surface area (Å²) in [6.45, 7) is 3.77. The summed E-state index contributed by atoms with van der Waals surface area (Å²) in [6, 6.07) is 3.72. The fraction of sp³-hybridized carbons (Fsp3) is 0.0833. The molecule has 0 saturated carbocycles. The van der Waals surface area contributed by atoms with E-state index in [0.717, 1.165) is 15.6 Å². The predicted molar refractivity (Wildman–Crippen MR) is 70.0 cm³/mol. The molecule has 2 aromatic rings. The minimum Gasteiger partial charge on any atom is -0.276 e. The SMILES string of the molecule is C=CCON(C=O)c1csc(-c2ccncc2)n1. The van der Waals surface area contributed by atoms with Gasteiger partial charge in [0.05, 0.1) is 6.61 Å². The number of hydrogen-bond donors (Lipinski definition) is 0. The van der Waals surface area contributed by atoms with Crippen LogP contribution >= 0.6 is 11.3 Å². The van der Waals surface area contributed by atoms with Gasteiger partial charge < -0.3 is 0 Å². The number of carbonyl (C=O) groups excluding carboxylic acids is 1. The Kier molecular flexibility index (Phi) is 4.16. The number of aromatic nitrogens is 2. The lowest BCUT2D eigenvalue weighted by atomic mass is 10.3. The van der Waals surface area contributed by atoms with E-state index in [2.05, 4.69) is 16.5 Å². The van der Waals surface area contributed by atoms with E-state index in [1.165, 1.54) is 11.3 Å². The smallest absolute Gasteiger partial charge is 0.239 e. The fourth-order valence-corrected chi connectivity index (χ4v) is 2.07. The number of rotatable bonds is 6. The van der Waals surface area contributed by atoms with Crippen LogP contribution in [0.15, 0.2) is 42.6 Å². The summed E-state index contributed by atoms with van der Waals surface area (Å²) in [5.41, 5.74) is 0.954. The Morgan fingerprint density at radius 3 is 2.89 bits per heavy atom. The zero-order valence-electron chi connectivity index (χ0n) is 9.52. The predicted octanol–water partition coefficient (Wildman–Crippen LogP) is 2.29. The van der Waals surface area contributed by atoms with Gasteiger partial charge in [0, 0.05) is 23.3 Å². The summed E-state index contributed by atoms with van der Waals surface area (Å²) < 4.78 is 0. The zero-order chi connectivity index (χ0) is 12.8. The lowest BCUT2D eigenvalue weighted by Crippen LogP contribution is -2.21. The Bertz CT molecular complexity index is 527. The molecule has 0 aromatic carbocycles. The number of hydrogen-bond acceptors (Lipinski definition) is 5. The number of hydroxylamine groups is 1. The van der Waals surface area contributed by atoms with Crippen LogP contribution in [0.1, 0.15) is 0 Å². The van der Waals surface area contributed by atoms with E-state index in [1.807, 2.05) is 12.1 Å². The van der Waals surface area contributed by atoms with Crippen LogP contribution in [-0.2, 0) is 9.63 Å². The van der Waals surface area contributed by atoms with Gasteiger partial charge in [-0.3, -0.25) is 14.6 Å². The first-order valence-corrected chi connectivity index (χ1v) is 6.07. The number of carbonyl (C=O) groups is 1. The quantitative estimate of drug-likeness (QED) is 0.455. The number of thiazole rings is 1. The van der Waals surface area contributed by atoms with Crippen molar-refractivity contribution in [3.63, 3.8) is 0 Å². The fourth-order valence-electron chi connectivity index (χ4n) is 1.28. The molecule has 0 fully saturated rings. The molecule has 2 heterocycles. The first-order valence-electron chi connectivity index (χ1n) is 5.19. The van der Waals surface area contributed by atoms with Gasteiger partial charge >= 0.3 is 0 Å². The number of anilines is 1. The average Bonchev–Trinajstić information content (AvgIpc) is 2.90. The molecule has 0 unspecified atom stereocenters. The van der Waals surface area contributed by atoms with Crippen LogP contribution in [0.25, 0.3) is 10.6 Å². The van der Waals surface area contributed by atoms with Crippen LogP contribution in [-0.4, -0.2) is 23.0 Å². The Labute approximate surface area is 108 Å². The third-order valence-electron chi connectivity index (χ3n) is 2.07. The molecule has 0 aliphatic heterocycles. The van der Waals surface area contributed by atoms with Gasteiger partial charge in [0.15, 0.2) is 5.82 Å². The molecular weight excluding hydrogens is 250 g/mol. The summed E-state index contributed by atoms with van der Waals surface area (Å²) in [6.07, 6.45) is 5.53. The Balaban J connectivity index is 2.19. The molecule has 18 heavy (non-hydrogen) atoms. The van der Waals surface area contributed by atoms with E-state index >= 15 is 0 Å². The maximum absolute atomic E-state index is 10.9. The molecule has 5 nitrogen and oxygen atoms in total. The van der Waals surface area contributed by atoms with E-state index in [4.69, 9.17) is 4.84 Å². The second-order valence-electron chi connectivity index (χ2n) is 3.26. The number of nitrogens with zero attached hydrogens (tertiary/aromatic N) is 3. The van der Waals surface area contributed by atoms with Crippen molar-refractivity contribution in [2.75, 3.05) is 11.7 Å². The van der Waals surface area contributed by atoms with Gasteiger partial charge in [-0.15, -0.1) is 17.9 Å². The molecule has 92 valence electrons. The maximum Gasteiger partial charge on any atom is 0.239 e. The largest absolute Gasteiger partial charge is 0.276 e. The highest BCUT2D eigenvalue weighted by atomic mass is 32.1. The van der Waals surface area contributed by atoms with Crippen molar-refractivity contribution in [2.24, 2.45) is 0 Å². The highest BCUT2D eigenvalue weighted by Crippen LogP contribution is 2.26. The molecule has 2 aromatic heterocycles. The van der Waals surface area contributed by atoms with Crippen LogP contribution in [0.5, 0.6) is 0 Å². The minimum absolute atomic E-state index is 0.251.